The standard InChI is InChI=1S/C25H32OSi.CH3.2ClH.Zr/c1-17-13-15-23(16-14-17)25(26,22-11-9-8-10-12-22)27(6,7)24-20(4)18(2)19(3)21(24)5;;;;/h8-16,24,26H,1-7H3;1H3;2*1H;/q;-1;;;+2/p-2. The molecular weight excluding hydrogens is 519 g/mol. The van der Waals surface area contributed by atoms with Crippen LogP contribution in [0.2, 0.25) is 18.6 Å². The Morgan fingerprint density at radius 3 is 1.58 bits per heavy atom. The van der Waals surface area contributed by atoms with Crippen LogP contribution in [0.3, 0.4) is 0 Å². The van der Waals surface area contributed by atoms with Crippen molar-refractivity contribution in [2.45, 2.75) is 58.5 Å². The first kappa shape index (κ1) is 28.6. The number of rotatable bonds is 4. The van der Waals surface area contributed by atoms with E-state index in [2.05, 4.69) is 84.1 Å². The number of halogens is 2. The van der Waals surface area contributed by atoms with Crippen LogP contribution < -0.4 is 0 Å². The van der Waals surface area contributed by atoms with Crippen LogP contribution in [0.25, 0.3) is 0 Å². The summed E-state index contributed by atoms with van der Waals surface area (Å²) in [6, 6.07) is 18.7. The third-order valence-corrected chi connectivity index (χ3v) is 11.7. The second kappa shape index (κ2) is 11.6. The average Bonchev–Trinajstić information content (AvgIpc) is 2.92. The van der Waals surface area contributed by atoms with Crippen LogP contribution in [0.15, 0.2) is 76.9 Å². The Hall–Kier alpha value is -0.440. The quantitative estimate of drug-likeness (QED) is 0.298. The van der Waals surface area contributed by atoms with E-state index in [0.29, 0.717) is 5.54 Å². The summed E-state index contributed by atoms with van der Waals surface area (Å²) >= 11 is -0.826. The van der Waals surface area contributed by atoms with Crippen LogP contribution in [0.5, 0.6) is 0 Å². The molecule has 0 radical (unpaired) electrons. The summed E-state index contributed by atoms with van der Waals surface area (Å²) in [5.74, 6) is 0. The van der Waals surface area contributed by atoms with Crippen molar-refractivity contribution in [1.82, 2.24) is 0 Å². The molecule has 1 unspecified atom stereocenters. The van der Waals surface area contributed by atoms with Gasteiger partial charge in [-0.15, -0.1) is 0 Å². The topological polar surface area (TPSA) is 20.2 Å². The second-order valence-electron chi connectivity index (χ2n) is 8.78. The SMILES string of the molecule is CC1=C(C)C([Si](C)(C)C(O)(c2ccccc2)c2ccc(C)cc2)C(C)=C1C.[CH3-].[Cl][Zr][Cl]. The van der Waals surface area contributed by atoms with Gasteiger partial charge in [-0.3, -0.25) is 0 Å². The first-order valence-corrected chi connectivity index (χ1v) is 19.6. The molecule has 3 rings (SSSR count). The maximum atomic E-state index is 12.5. The molecule has 168 valence electrons. The average molecular weight is 554 g/mol. The van der Waals surface area contributed by atoms with Crippen molar-refractivity contribution in [2.75, 3.05) is 0 Å². The molecule has 0 saturated carbocycles. The van der Waals surface area contributed by atoms with Gasteiger partial charge in [-0.1, -0.05) is 84.4 Å². The number of aliphatic hydroxyl groups is 1. The minimum atomic E-state index is -2.29. The maximum absolute atomic E-state index is 12.5. The van der Waals surface area contributed by atoms with E-state index in [4.69, 9.17) is 17.0 Å². The fourth-order valence-electron chi connectivity index (χ4n) is 5.03. The van der Waals surface area contributed by atoms with Crippen LogP contribution in [0.1, 0.15) is 44.4 Å². The Bertz CT molecular complexity index is 912. The Kier molecular flexibility index (Phi) is 10.7. The summed E-state index contributed by atoms with van der Waals surface area (Å²) < 4.78 is 0. The van der Waals surface area contributed by atoms with E-state index in [9.17, 15) is 5.11 Å². The normalized spacial score (nSPS) is 16.3. The van der Waals surface area contributed by atoms with Gasteiger partial charge in [0, 0.05) is 5.54 Å². The minimum absolute atomic E-state index is 0. The summed E-state index contributed by atoms with van der Waals surface area (Å²) in [7, 11) is 7.57. The van der Waals surface area contributed by atoms with Crippen molar-refractivity contribution in [1.29, 1.82) is 0 Å². The van der Waals surface area contributed by atoms with Crippen LogP contribution >= 0.6 is 17.0 Å². The molecule has 0 saturated heterocycles. The Morgan fingerprint density at radius 1 is 0.774 bits per heavy atom. The number of aryl methyl sites for hydroxylation is 1. The van der Waals surface area contributed by atoms with Gasteiger partial charge in [-0.25, -0.2) is 0 Å². The Morgan fingerprint density at radius 2 is 1.16 bits per heavy atom. The van der Waals surface area contributed by atoms with Crippen molar-refractivity contribution in [3.8, 4) is 0 Å². The van der Waals surface area contributed by atoms with Gasteiger partial charge in [-0.2, -0.15) is 0 Å². The summed E-state index contributed by atoms with van der Waals surface area (Å²) in [6.45, 7) is 15.8. The first-order valence-electron chi connectivity index (χ1n) is 10.2. The molecular formula is C26H35Cl2OSiZr-. The Labute approximate surface area is 209 Å². The number of benzene rings is 2. The molecule has 31 heavy (non-hydrogen) atoms. The van der Waals surface area contributed by atoms with E-state index in [1.807, 2.05) is 18.2 Å². The molecule has 0 amide bonds. The number of hydrogen-bond donors (Lipinski definition) is 1. The van der Waals surface area contributed by atoms with Gasteiger partial charge in [0.2, 0.25) is 0 Å². The molecule has 0 fully saturated rings. The monoisotopic (exact) mass is 551 g/mol. The van der Waals surface area contributed by atoms with Gasteiger partial charge in [0.25, 0.3) is 0 Å². The molecule has 1 aliphatic carbocycles. The van der Waals surface area contributed by atoms with Gasteiger partial charge >= 0.3 is 37.9 Å². The zero-order chi connectivity index (χ0) is 22.7. The molecule has 0 heterocycles. The second-order valence-corrected chi connectivity index (χ2v) is 17.3. The fourth-order valence-corrected chi connectivity index (χ4v) is 9.86. The predicted molar refractivity (Wildman–Crippen MR) is 137 cm³/mol. The number of allylic oxidation sites excluding steroid dienone is 4. The molecule has 0 aromatic heterocycles. The van der Waals surface area contributed by atoms with E-state index < -0.39 is 34.1 Å². The Balaban J connectivity index is 0.00000113. The van der Waals surface area contributed by atoms with Crippen molar-refractivity contribution in [3.05, 3.63) is 101 Å². The molecule has 5 heteroatoms. The zero-order valence-corrected chi connectivity index (χ0v) is 24.9. The molecule has 1 N–H and O–H groups in total. The van der Waals surface area contributed by atoms with Crippen molar-refractivity contribution >= 4 is 25.1 Å². The predicted octanol–water partition coefficient (Wildman–Crippen LogP) is 8.36. The van der Waals surface area contributed by atoms with Crippen molar-refractivity contribution in [2.24, 2.45) is 0 Å². The molecule has 1 atom stereocenters. The van der Waals surface area contributed by atoms with Gasteiger partial charge in [0.1, 0.15) is 13.3 Å². The van der Waals surface area contributed by atoms with Crippen LogP contribution in [0, 0.1) is 14.4 Å². The van der Waals surface area contributed by atoms with E-state index in [-0.39, 0.29) is 7.43 Å². The van der Waals surface area contributed by atoms with Crippen LogP contribution in [0.4, 0.5) is 0 Å². The molecule has 0 spiro atoms. The van der Waals surface area contributed by atoms with Crippen molar-refractivity contribution < 1.29 is 26.0 Å². The molecule has 1 aliphatic rings. The van der Waals surface area contributed by atoms with Gasteiger partial charge in [0.15, 0.2) is 0 Å². The van der Waals surface area contributed by atoms with Gasteiger partial charge in [-0.05, 0) is 56.9 Å². The molecule has 1 nitrogen and oxygen atoms in total. The van der Waals surface area contributed by atoms with E-state index >= 15 is 0 Å². The number of hydrogen-bond acceptors (Lipinski definition) is 1. The zero-order valence-electron chi connectivity index (χ0n) is 20.0. The summed E-state index contributed by atoms with van der Waals surface area (Å²) in [5, 5.41) is 11.5. The summed E-state index contributed by atoms with van der Waals surface area (Å²) in [5.41, 5.74) is 9.24. The summed E-state index contributed by atoms with van der Waals surface area (Å²) in [4.78, 5) is 0. The first-order chi connectivity index (χ1) is 14.0. The van der Waals surface area contributed by atoms with E-state index in [1.54, 1.807) is 0 Å². The van der Waals surface area contributed by atoms with Crippen LogP contribution in [-0.4, -0.2) is 13.2 Å². The molecule has 0 aliphatic heterocycles. The van der Waals surface area contributed by atoms with E-state index in [1.165, 1.54) is 27.9 Å². The third-order valence-electron chi connectivity index (χ3n) is 6.93. The van der Waals surface area contributed by atoms with Crippen molar-refractivity contribution in [3.63, 3.8) is 0 Å². The van der Waals surface area contributed by atoms with E-state index in [0.717, 1.165) is 11.1 Å². The third kappa shape index (κ3) is 5.39. The molecule has 2 aromatic carbocycles. The van der Waals surface area contributed by atoms with Crippen LogP contribution in [-0.2, 0) is 26.1 Å². The fraction of sp³-hybridized carbons (Fsp3) is 0.346. The molecule has 2 aromatic rings. The van der Waals surface area contributed by atoms with Gasteiger partial charge < -0.3 is 12.5 Å². The molecule has 0 bridgehead atoms. The summed E-state index contributed by atoms with van der Waals surface area (Å²) in [6.07, 6.45) is 0. The van der Waals surface area contributed by atoms with Gasteiger partial charge in [0.05, 0.1) is 0 Å².